The van der Waals surface area contributed by atoms with Gasteiger partial charge in [-0.25, -0.2) is 0 Å². The average molecular weight is 295 g/mol. The number of benzene rings is 1. The molecule has 6 nitrogen and oxygen atoms in total. The Hall–Kier alpha value is -2.08. The summed E-state index contributed by atoms with van der Waals surface area (Å²) < 4.78 is 4.60. The molecule has 20 heavy (non-hydrogen) atoms. The molecular weight excluding hydrogens is 280 g/mol. The Bertz CT molecular complexity index is 572. The lowest BCUT2D eigenvalue weighted by Crippen LogP contribution is -2.24. The van der Waals surface area contributed by atoms with Crippen LogP contribution in [0.15, 0.2) is 29.1 Å². The summed E-state index contributed by atoms with van der Waals surface area (Å²) in [6.45, 7) is 3.04. The van der Waals surface area contributed by atoms with E-state index in [4.69, 9.17) is 11.6 Å². The molecule has 0 bridgehead atoms. The number of anilines is 1. The van der Waals surface area contributed by atoms with Crippen molar-refractivity contribution in [3.8, 4) is 0 Å². The number of hydrogen-bond donors (Lipinski definition) is 2. The van der Waals surface area contributed by atoms with E-state index in [1.165, 1.54) is 6.39 Å². The summed E-state index contributed by atoms with van der Waals surface area (Å²) in [6, 6.07) is 5.17. The van der Waals surface area contributed by atoms with Crippen LogP contribution in [0.4, 0.5) is 5.69 Å². The highest BCUT2D eigenvalue weighted by atomic mass is 35.5. The van der Waals surface area contributed by atoms with Gasteiger partial charge in [-0.3, -0.25) is 4.79 Å². The van der Waals surface area contributed by atoms with Crippen molar-refractivity contribution in [2.24, 2.45) is 0 Å². The first kappa shape index (κ1) is 14.3. The summed E-state index contributed by atoms with van der Waals surface area (Å²) >= 11 is 5.95. The fourth-order valence-corrected chi connectivity index (χ4v) is 1.82. The lowest BCUT2D eigenvalue weighted by Gasteiger charge is -2.11. The average Bonchev–Trinajstić information content (AvgIpc) is 2.96. The zero-order chi connectivity index (χ0) is 14.4. The first-order valence-electron chi connectivity index (χ1n) is 6.27. The fraction of sp³-hybridized carbons (Fsp3) is 0.308. The van der Waals surface area contributed by atoms with Crippen LogP contribution in [0.25, 0.3) is 0 Å². The molecule has 106 valence electrons. The van der Waals surface area contributed by atoms with E-state index in [0.29, 0.717) is 16.4 Å². The molecule has 2 rings (SSSR count). The van der Waals surface area contributed by atoms with Gasteiger partial charge in [0, 0.05) is 17.3 Å². The van der Waals surface area contributed by atoms with Gasteiger partial charge in [0.2, 0.25) is 6.39 Å². The number of nitrogens with zero attached hydrogens (tertiary/aromatic N) is 2. The lowest BCUT2D eigenvalue weighted by molar-refractivity contribution is 0.0950. The van der Waals surface area contributed by atoms with E-state index in [2.05, 4.69) is 32.2 Å². The maximum absolute atomic E-state index is 12.2. The van der Waals surface area contributed by atoms with Gasteiger partial charge in [0.1, 0.15) is 0 Å². The second-order valence-corrected chi connectivity index (χ2v) is 4.58. The Labute approximate surface area is 121 Å². The molecule has 2 aromatic rings. The molecule has 0 aliphatic rings. The summed E-state index contributed by atoms with van der Waals surface area (Å²) in [7, 11) is 0. The minimum absolute atomic E-state index is 0.203. The summed E-state index contributed by atoms with van der Waals surface area (Å²) in [4.78, 5) is 16.0. The number of aromatic nitrogens is 2. The first-order chi connectivity index (χ1) is 9.70. The van der Waals surface area contributed by atoms with E-state index in [-0.39, 0.29) is 12.5 Å². The van der Waals surface area contributed by atoms with Crippen molar-refractivity contribution in [3.63, 3.8) is 0 Å². The van der Waals surface area contributed by atoms with Gasteiger partial charge in [0.25, 0.3) is 5.91 Å². The first-order valence-corrected chi connectivity index (χ1v) is 6.65. The van der Waals surface area contributed by atoms with Crippen LogP contribution < -0.4 is 10.6 Å². The van der Waals surface area contributed by atoms with Gasteiger partial charge < -0.3 is 15.2 Å². The van der Waals surface area contributed by atoms with Gasteiger partial charge >= 0.3 is 0 Å². The molecule has 7 heteroatoms. The van der Waals surface area contributed by atoms with Gasteiger partial charge in [-0.15, -0.1) is 0 Å². The summed E-state index contributed by atoms with van der Waals surface area (Å²) in [5.74, 6) is 0.180. The van der Waals surface area contributed by atoms with Crippen LogP contribution in [-0.2, 0) is 6.54 Å². The lowest BCUT2D eigenvalue weighted by atomic mass is 10.1. The number of halogens is 1. The second-order valence-electron chi connectivity index (χ2n) is 4.15. The maximum atomic E-state index is 12.2. The van der Waals surface area contributed by atoms with E-state index < -0.39 is 0 Å². The molecule has 0 aliphatic heterocycles. The molecule has 0 saturated heterocycles. The Morgan fingerprint density at radius 1 is 1.45 bits per heavy atom. The standard InChI is InChI=1S/C13H15ClN4O2/c1-2-5-15-11-4-3-9(14)6-10(11)13(19)16-7-12-17-8-20-18-12/h3-4,6,8,15H,2,5,7H2,1H3,(H,16,19). The Morgan fingerprint density at radius 2 is 2.30 bits per heavy atom. The van der Waals surface area contributed by atoms with Crippen molar-refractivity contribution < 1.29 is 9.32 Å². The molecule has 0 saturated carbocycles. The smallest absolute Gasteiger partial charge is 0.253 e. The molecule has 0 fully saturated rings. The monoisotopic (exact) mass is 294 g/mol. The van der Waals surface area contributed by atoms with Crippen LogP contribution in [0.1, 0.15) is 29.5 Å². The van der Waals surface area contributed by atoms with Crippen molar-refractivity contribution >= 4 is 23.2 Å². The molecule has 1 heterocycles. The van der Waals surface area contributed by atoms with Crippen molar-refractivity contribution in [2.45, 2.75) is 19.9 Å². The van der Waals surface area contributed by atoms with Crippen LogP contribution in [-0.4, -0.2) is 22.6 Å². The summed E-state index contributed by atoms with van der Waals surface area (Å²) in [6.07, 6.45) is 2.18. The third-order valence-electron chi connectivity index (χ3n) is 2.61. The number of hydrogen-bond acceptors (Lipinski definition) is 5. The second kappa shape index (κ2) is 6.91. The molecular formula is C13H15ClN4O2. The van der Waals surface area contributed by atoms with Crippen LogP contribution in [0.3, 0.4) is 0 Å². The summed E-state index contributed by atoms with van der Waals surface area (Å²) in [5, 5.41) is 10.1. The van der Waals surface area contributed by atoms with E-state index in [0.717, 1.165) is 18.7 Å². The predicted molar refractivity (Wildman–Crippen MR) is 75.7 cm³/mol. The highest BCUT2D eigenvalue weighted by Gasteiger charge is 2.12. The topological polar surface area (TPSA) is 80.0 Å². The summed E-state index contributed by atoms with van der Waals surface area (Å²) in [5.41, 5.74) is 1.25. The Balaban J connectivity index is 2.08. The van der Waals surface area contributed by atoms with E-state index in [1.54, 1.807) is 18.2 Å². The molecule has 2 N–H and O–H groups in total. The highest BCUT2D eigenvalue weighted by molar-refractivity contribution is 6.31. The third kappa shape index (κ3) is 3.71. The van der Waals surface area contributed by atoms with E-state index in [9.17, 15) is 4.79 Å². The molecule has 0 radical (unpaired) electrons. The number of amides is 1. The quantitative estimate of drug-likeness (QED) is 0.855. The van der Waals surface area contributed by atoms with Crippen LogP contribution in [0.2, 0.25) is 5.02 Å². The highest BCUT2D eigenvalue weighted by Crippen LogP contribution is 2.20. The zero-order valence-corrected chi connectivity index (χ0v) is 11.8. The maximum Gasteiger partial charge on any atom is 0.253 e. The molecule has 0 atom stereocenters. The molecule has 1 amide bonds. The number of rotatable bonds is 6. The predicted octanol–water partition coefficient (Wildman–Crippen LogP) is 2.47. The number of carbonyl (C=O) groups is 1. The Kier molecular flexibility index (Phi) is 4.95. The molecule has 0 aliphatic carbocycles. The third-order valence-corrected chi connectivity index (χ3v) is 2.84. The molecule has 0 unspecified atom stereocenters. The minimum atomic E-state index is -0.240. The zero-order valence-electron chi connectivity index (χ0n) is 11.0. The van der Waals surface area contributed by atoms with Gasteiger partial charge in [0.15, 0.2) is 5.82 Å². The van der Waals surface area contributed by atoms with Crippen molar-refractivity contribution in [2.75, 3.05) is 11.9 Å². The van der Waals surface area contributed by atoms with Crippen LogP contribution >= 0.6 is 11.6 Å². The number of carbonyl (C=O) groups excluding carboxylic acids is 1. The number of nitrogens with one attached hydrogen (secondary N) is 2. The van der Waals surface area contributed by atoms with Gasteiger partial charge in [-0.2, -0.15) is 4.98 Å². The van der Waals surface area contributed by atoms with Crippen LogP contribution in [0.5, 0.6) is 0 Å². The molecule has 1 aromatic carbocycles. The minimum Gasteiger partial charge on any atom is -0.384 e. The fourth-order valence-electron chi connectivity index (χ4n) is 1.64. The van der Waals surface area contributed by atoms with E-state index >= 15 is 0 Å². The Morgan fingerprint density at radius 3 is 3.00 bits per heavy atom. The molecule has 0 spiro atoms. The normalized spacial score (nSPS) is 10.3. The largest absolute Gasteiger partial charge is 0.384 e. The van der Waals surface area contributed by atoms with Crippen molar-refractivity contribution in [3.05, 3.63) is 41.0 Å². The van der Waals surface area contributed by atoms with Crippen molar-refractivity contribution in [1.29, 1.82) is 0 Å². The van der Waals surface area contributed by atoms with Crippen molar-refractivity contribution in [1.82, 2.24) is 15.5 Å². The molecule has 1 aromatic heterocycles. The van der Waals surface area contributed by atoms with Gasteiger partial charge in [0.05, 0.1) is 12.1 Å². The van der Waals surface area contributed by atoms with E-state index in [1.807, 2.05) is 0 Å². The SMILES string of the molecule is CCCNc1ccc(Cl)cc1C(=O)NCc1ncon1. The van der Waals surface area contributed by atoms with Crippen LogP contribution in [0, 0.1) is 0 Å². The van der Waals surface area contributed by atoms with Gasteiger partial charge in [-0.05, 0) is 24.6 Å². The van der Waals surface area contributed by atoms with Gasteiger partial charge in [-0.1, -0.05) is 23.7 Å².